The number of aryl methyl sites for hydroxylation is 1. The van der Waals surface area contributed by atoms with Crippen LogP contribution in [0, 0.1) is 6.92 Å². The molecule has 0 spiro atoms. The predicted octanol–water partition coefficient (Wildman–Crippen LogP) is 34.4. The maximum atomic E-state index is 6.18. The summed E-state index contributed by atoms with van der Waals surface area (Å²) < 4.78 is 6.18. The van der Waals surface area contributed by atoms with Crippen molar-refractivity contribution >= 4 is 77.6 Å². The summed E-state index contributed by atoms with van der Waals surface area (Å²) in [5, 5.41) is 7.24. The minimum absolute atomic E-state index is 0.207. The summed E-state index contributed by atoms with van der Waals surface area (Å²) in [5.74, 6) is 0. The maximum absolute atomic E-state index is 6.18. The molecule has 126 heavy (non-hydrogen) atoms. The molecule has 0 N–H and O–H groups in total. The Morgan fingerprint density at radius 3 is 1.07 bits per heavy atom. The fourth-order valence-electron chi connectivity index (χ4n) is 19.9. The van der Waals surface area contributed by atoms with Gasteiger partial charge in [-0.2, -0.15) is 0 Å². The average Bonchev–Trinajstić information content (AvgIpc) is 1.56. The highest BCUT2D eigenvalue weighted by atomic mass is 16.3. The molecule has 0 radical (unpaired) electrons. The van der Waals surface area contributed by atoms with E-state index in [4.69, 9.17) is 4.42 Å². The van der Waals surface area contributed by atoms with Crippen molar-refractivity contribution in [3.8, 4) is 122 Å². The third-order valence-corrected chi connectivity index (χ3v) is 26.5. The summed E-state index contributed by atoms with van der Waals surface area (Å²) >= 11 is 0. The quantitative estimate of drug-likeness (QED) is 0.102. The van der Waals surface area contributed by atoms with E-state index in [2.05, 4.69) is 487 Å². The lowest BCUT2D eigenvalue weighted by Gasteiger charge is -2.29. The van der Waals surface area contributed by atoms with Gasteiger partial charge in [-0.3, -0.25) is 0 Å². The van der Waals surface area contributed by atoms with Crippen LogP contribution in [0.5, 0.6) is 0 Å². The monoisotopic (exact) mass is 1610 g/mol. The molecule has 0 amide bonds. The molecule has 23 rings (SSSR count). The number of hydrogen-bond acceptors (Lipinski definition) is 3. The molecule has 1 aromatic heterocycles. The third kappa shape index (κ3) is 13.8. The first-order valence-corrected chi connectivity index (χ1v) is 43.8. The van der Waals surface area contributed by atoms with Crippen LogP contribution in [0.3, 0.4) is 0 Å². The summed E-state index contributed by atoms with van der Waals surface area (Å²) in [4.78, 5) is 4.87. The molecular weight excluding hydrogens is 1520 g/mol. The Bertz CT molecular complexity index is 7740. The maximum Gasteiger partial charge on any atom is 0.135 e. The Balaban J connectivity index is 0.000000149. The summed E-state index contributed by atoms with van der Waals surface area (Å²) in [5.41, 5.74) is 41.9. The van der Waals surface area contributed by atoms with Crippen molar-refractivity contribution in [3.63, 3.8) is 0 Å². The molecule has 0 unspecified atom stereocenters. The van der Waals surface area contributed by atoms with E-state index in [0.717, 1.165) is 56.1 Å². The lowest BCUT2D eigenvalue weighted by atomic mass is 9.81. The Morgan fingerprint density at radius 1 is 0.183 bits per heavy atom. The number of rotatable bonds is 15. The Kier molecular flexibility index (Phi) is 19.2. The Labute approximate surface area is 737 Å². The van der Waals surface area contributed by atoms with Gasteiger partial charge in [0, 0.05) is 55.4 Å². The molecular formula is C123H90N2O. The van der Waals surface area contributed by atoms with Crippen molar-refractivity contribution in [2.45, 2.75) is 45.4 Å². The van der Waals surface area contributed by atoms with Crippen molar-refractivity contribution < 1.29 is 4.42 Å². The number of para-hydroxylation sites is 1. The SMILES string of the molecule is CC1(C)c2cc(-c3ccc4oc5ccccc5c4c3)ccc2-c2ccc(N(c3ccc(-c4cccc(-c5ccccc5)c4)cc3)c3ccc(-c4ccccc4)c4ccccc34)cc21.Cc1ccccc1-c1cccc(-c2ccc3c(c2)C(C)(C)c2cc(N(c4ccc(-c5cccc(-c6ccccc6)c5)cc4)c4ccc(-c5cccc6ccccc56)cc4)ccc2-3)c1. The van der Waals surface area contributed by atoms with Gasteiger partial charge in [0.25, 0.3) is 0 Å². The van der Waals surface area contributed by atoms with Crippen LogP contribution in [0.15, 0.2) is 459 Å². The van der Waals surface area contributed by atoms with Gasteiger partial charge in [0.05, 0.1) is 5.69 Å². The highest BCUT2D eigenvalue weighted by Gasteiger charge is 2.39. The molecule has 2 aliphatic carbocycles. The molecule has 1 heterocycles. The number of benzene rings is 20. The zero-order valence-corrected chi connectivity index (χ0v) is 71.1. The third-order valence-electron chi connectivity index (χ3n) is 26.5. The van der Waals surface area contributed by atoms with E-state index in [1.165, 1.54) is 172 Å². The van der Waals surface area contributed by atoms with Crippen LogP contribution < -0.4 is 9.80 Å². The van der Waals surface area contributed by atoms with Crippen LogP contribution in [-0.4, -0.2) is 0 Å². The van der Waals surface area contributed by atoms with Gasteiger partial charge < -0.3 is 14.2 Å². The van der Waals surface area contributed by atoms with E-state index in [9.17, 15) is 0 Å². The fourth-order valence-corrected chi connectivity index (χ4v) is 19.9. The molecule has 0 bridgehead atoms. The van der Waals surface area contributed by atoms with E-state index in [1.54, 1.807) is 0 Å². The largest absolute Gasteiger partial charge is 0.456 e. The highest BCUT2D eigenvalue weighted by molar-refractivity contribution is 6.08. The van der Waals surface area contributed by atoms with Crippen LogP contribution in [0.4, 0.5) is 34.1 Å². The molecule has 0 saturated heterocycles. The van der Waals surface area contributed by atoms with Gasteiger partial charge in [-0.25, -0.2) is 0 Å². The minimum Gasteiger partial charge on any atom is -0.456 e. The van der Waals surface area contributed by atoms with Crippen LogP contribution in [0.2, 0.25) is 0 Å². The van der Waals surface area contributed by atoms with Gasteiger partial charge in [-0.05, 0) is 289 Å². The second-order valence-electron chi connectivity index (χ2n) is 34.7. The predicted molar refractivity (Wildman–Crippen MR) is 533 cm³/mol. The highest BCUT2D eigenvalue weighted by Crippen LogP contribution is 2.55. The second-order valence-corrected chi connectivity index (χ2v) is 34.7. The zero-order valence-electron chi connectivity index (χ0n) is 71.1. The number of fused-ring (bicyclic) bond motifs is 11. The molecule has 0 saturated carbocycles. The van der Waals surface area contributed by atoms with Crippen molar-refractivity contribution in [2.24, 2.45) is 0 Å². The van der Waals surface area contributed by atoms with E-state index in [-0.39, 0.29) is 10.8 Å². The van der Waals surface area contributed by atoms with Gasteiger partial charge in [0.1, 0.15) is 11.2 Å². The first-order chi connectivity index (χ1) is 61.9. The van der Waals surface area contributed by atoms with Crippen molar-refractivity contribution in [2.75, 3.05) is 9.80 Å². The molecule has 0 aliphatic heterocycles. The first kappa shape index (κ1) is 76.5. The number of furan rings is 1. The van der Waals surface area contributed by atoms with Gasteiger partial charge in [-0.15, -0.1) is 0 Å². The average molecular weight is 1610 g/mol. The Morgan fingerprint density at radius 2 is 0.508 bits per heavy atom. The zero-order chi connectivity index (χ0) is 84.6. The van der Waals surface area contributed by atoms with Crippen LogP contribution >= 0.6 is 0 Å². The van der Waals surface area contributed by atoms with Gasteiger partial charge in [-0.1, -0.05) is 367 Å². The minimum atomic E-state index is -0.234. The van der Waals surface area contributed by atoms with Gasteiger partial charge in [0.2, 0.25) is 0 Å². The van der Waals surface area contributed by atoms with E-state index < -0.39 is 0 Å². The molecule has 20 aromatic carbocycles. The van der Waals surface area contributed by atoms with Gasteiger partial charge >= 0.3 is 0 Å². The van der Waals surface area contributed by atoms with Crippen LogP contribution in [0.1, 0.15) is 55.5 Å². The molecule has 21 aromatic rings. The lowest BCUT2D eigenvalue weighted by molar-refractivity contribution is 0.660. The fraction of sp³-hybridized carbons (Fsp3) is 0.0569. The second kappa shape index (κ2) is 31.6. The standard InChI is InChI=1S/C62H47N.C61H43NO/c1-42-14-7-9-23-55(42)51-22-12-21-49(39-51)50-30-36-58-59-37-35-54(41-61(59)62(2,3)60(58)40-50)63(53-33-28-46(29-34-53)57-25-13-18-45-17-8-10-24-56(45)57)52-31-26-44(27-32-52)48-20-11-19-47(38-48)43-15-5-4-6-16-43;1-61(2)56-38-46(45-27-35-60-55(37-45)54-22-11-12-23-59(54)63-60)26-31-51(56)52-32-30-48(39-57(52)61)62(58-34-33-49(42-16-7-4-8-17-42)50-20-9-10-21-53(50)58)47-28-24-41(25-29-47)44-19-13-18-43(36-44)40-14-5-3-6-15-40/h4-41H,1-3H3;3-39H,1-2H3. The van der Waals surface area contributed by atoms with Crippen molar-refractivity contribution in [1.29, 1.82) is 0 Å². The topological polar surface area (TPSA) is 19.6 Å². The lowest BCUT2D eigenvalue weighted by Crippen LogP contribution is -2.17. The normalized spacial score (nSPS) is 12.6. The van der Waals surface area contributed by atoms with E-state index >= 15 is 0 Å². The van der Waals surface area contributed by atoms with E-state index in [0.29, 0.717) is 0 Å². The summed E-state index contributed by atoms with van der Waals surface area (Å²) in [6.07, 6.45) is 0. The van der Waals surface area contributed by atoms with Gasteiger partial charge in [0.15, 0.2) is 0 Å². The summed E-state index contributed by atoms with van der Waals surface area (Å²) in [6, 6.07) is 166. The summed E-state index contributed by atoms with van der Waals surface area (Å²) in [7, 11) is 0. The molecule has 0 fully saturated rings. The molecule has 2 aliphatic rings. The van der Waals surface area contributed by atoms with Crippen LogP contribution in [0.25, 0.3) is 166 Å². The van der Waals surface area contributed by atoms with Crippen molar-refractivity contribution in [1.82, 2.24) is 0 Å². The van der Waals surface area contributed by atoms with Crippen LogP contribution in [-0.2, 0) is 10.8 Å². The first-order valence-electron chi connectivity index (χ1n) is 43.8. The summed E-state index contributed by atoms with van der Waals surface area (Å²) in [6.45, 7) is 11.7. The molecule has 0 atom stereocenters. The number of anilines is 6. The van der Waals surface area contributed by atoms with Crippen molar-refractivity contribution in [3.05, 3.63) is 483 Å². The Hall–Kier alpha value is -15.7. The number of hydrogen-bond donors (Lipinski definition) is 0. The van der Waals surface area contributed by atoms with E-state index in [1.807, 2.05) is 12.1 Å². The molecule has 598 valence electrons. The smallest absolute Gasteiger partial charge is 0.135 e. The molecule has 3 heteroatoms. The molecule has 3 nitrogen and oxygen atoms in total. The number of nitrogens with zero attached hydrogens (tertiary/aromatic N) is 2.